The van der Waals surface area contributed by atoms with E-state index in [-0.39, 0.29) is 5.76 Å². The van der Waals surface area contributed by atoms with Crippen LogP contribution >= 0.6 is 0 Å². The molecule has 0 aromatic carbocycles. The predicted octanol–water partition coefficient (Wildman–Crippen LogP) is 2.75. The fourth-order valence-electron chi connectivity index (χ4n) is 0.357. The van der Waals surface area contributed by atoms with Crippen LogP contribution in [0.5, 0.6) is 0 Å². The number of hydrogen-bond acceptors (Lipinski definition) is 1. The first-order valence-corrected chi connectivity index (χ1v) is 3.05. The summed E-state index contributed by atoms with van der Waals surface area (Å²) in [6, 6.07) is 0. The average molecular weight is 136 g/mol. The Kier molecular flexibility index (Phi) is 4.05. The van der Waals surface area contributed by atoms with Gasteiger partial charge in [0.15, 0.2) is 0 Å². The molecule has 0 amide bonds. The standard InChI is InChI=1S/C9H12O/c1-4-8(3)6-7-9(10)5-2/h4-7,10H,1,3H2,2H3/b7-6-,9-5+. The zero-order valence-corrected chi connectivity index (χ0v) is 6.17. The van der Waals surface area contributed by atoms with Crippen molar-refractivity contribution in [2.75, 3.05) is 0 Å². The van der Waals surface area contributed by atoms with Crippen LogP contribution in [0.4, 0.5) is 0 Å². The van der Waals surface area contributed by atoms with Gasteiger partial charge in [-0.05, 0) is 24.6 Å². The lowest BCUT2D eigenvalue weighted by atomic mass is 10.2. The Morgan fingerprint density at radius 3 is 2.40 bits per heavy atom. The summed E-state index contributed by atoms with van der Waals surface area (Å²) in [5.41, 5.74) is 0.786. The molecule has 54 valence electrons. The van der Waals surface area contributed by atoms with E-state index in [1.807, 2.05) is 0 Å². The van der Waals surface area contributed by atoms with E-state index < -0.39 is 0 Å². The summed E-state index contributed by atoms with van der Waals surface area (Å²) in [5, 5.41) is 8.90. The fraction of sp³-hybridized carbons (Fsp3) is 0.111. The molecule has 0 aromatic heterocycles. The summed E-state index contributed by atoms with van der Waals surface area (Å²) in [6.07, 6.45) is 6.50. The van der Waals surface area contributed by atoms with Crippen molar-refractivity contribution in [2.24, 2.45) is 0 Å². The summed E-state index contributed by atoms with van der Waals surface area (Å²) >= 11 is 0. The minimum Gasteiger partial charge on any atom is -0.508 e. The Morgan fingerprint density at radius 1 is 1.40 bits per heavy atom. The highest BCUT2D eigenvalue weighted by atomic mass is 16.3. The Morgan fingerprint density at radius 2 is 2.00 bits per heavy atom. The van der Waals surface area contributed by atoms with Gasteiger partial charge in [0.05, 0.1) is 0 Å². The monoisotopic (exact) mass is 136 g/mol. The van der Waals surface area contributed by atoms with Gasteiger partial charge in [0, 0.05) is 0 Å². The van der Waals surface area contributed by atoms with Crippen molar-refractivity contribution in [3.63, 3.8) is 0 Å². The highest BCUT2D eigenvalue weighted by Crippen LogP contribution is 1.96. The number of hydrogen-bond donors (Lipinski definition) is 1. The lowest BCUT2D eigenvalue weighted by Gasteiger charge is -1.87. The molecule has 0 rings (SSSR count). The van der Waals surface area contributed by atoms with Gasteiger partial charge in [-0.1, -0.05) is 25.3 Å². The lowest BCUT2D eigenvalue weighted by Crippen LogP contribution is -1.71. The molecule has 0 aliphatic heterocycles. The fourth-order valence-corrected chi connectivity index (χ4v) is 0.357. The van der Waals surface area contributed by atoms with Gasteiger partial charge < -0.3 is 5.11 Å². The molecule has 0 fully saturated rings. The predicted molar refractivity (Wildman–Crippen MR) is 44.9 cm³/mol. The molecule has 0 aliphatic rings. The quantitative estimate of drug-likeness (QED) is 0.467. The van der Waals surface area contributed by atoms with Gasteiger partial charge in [-0.3, -0.25) is 0 Å². The molecule has 1 nitrogen and oxygen atoms in total. The van der Waals surface area contributed by atoms with Crippen molar-refractivity contribution >= 4 is 0 Å². The van der Waals surface area contributed by atoms with Gasteiger partial charge in [0.2, 0.25) is 0 Å². The van der Waals surface area contributed by atoms with Crippen LogP contribution in [0.2, 0.25) is 0 Å². The normalized spacial score (nSPS) is 11.9. The van der Waals surface area contributed by atoms with Gasteiger partial charge in [0.1, 0.15) is 5.76 Å². The average Bonchev–Trinajstić information content (AvgIpc) is 1.99. The van der Waals surface area contributed by atoms with Crippen LogP contribution in [0, 0.1) is 0 Å². The third-order valence-corrected chi connectivity index (χ3v) is 1.03. The van der Waals surface area contributed by atoms with Crippen molar-refractivity contribution in [3.8, 4) is 0 Å². The van der Waals surface area contributed by atoms with Crippen molar-refractivity contribution in [1.29, 1.82) is 0 Å². The first-order valence-electron chi connectivity index (χ1n) is 3.05. The maximum absolute atomic E-state index is 8.90. The van der Waals surface area contributed by atoms with Gasteiger partial charge in [-0.25, -0.2) is 0 Å². The molecular formula is C9H12O. The molecule has 0 aromatic rings. The Hall–Kier alpha value is -1.24. The molecule has 1 N–H and O–H groups in total. The van der Waals surface area contributed by atoms with E-state index in [0.29, 0.717) is 0 Å². The van der Waals surface area contributed by atoms with E-state index in [1.165, 1.54) is 0 Å². The van der Waals surface area contributed by atoms with Gasteiger partial charge in [-0.15, -0.1) is 0 Å². The van der Waals surface area contributed by atoms with Gasteiger partial charge >= 0.3 is 0 Å². The second kappa shape index (κ2) is 4.62. The molecular weight excluding hydrogens is 124 g/mol. The largest absolute Gasteiger partial charge is 0.508 e. The molecule has 0 aliphatic carbocycles. The minimum atomic E-state index is 0.239. The molecule has 0 radical (unpaired) electrons. The summed E-state index contributed by atoms with van der Waals surface area (Å²) in [4.78, 5) is 0. The smallest absolute Gasteiger partial charge is 0.111 e. The van der Waals surface area contributed by atoms with Crippen molar-refractivity contribution in [1.82, 2.24) is 0 Å². The topological polar surface area (TPSA) is 20.2 Å². The van der Waals surface area contributed by atoms with Crippen LogP contribution < -0.4 is 0 Å². The summed E-state index contributed by atoms with van der Waals surface area (Å²) in [6.45, 7) is 8.91. The number of rotatable bonds is 3. The number of allylic oxidation sites excluding steroid dienone is 5. The van der Waals surface area contributed by atoms with E-state index in [1.54, 1.807) is 31.2 Å². The van der Waals surface area contributed by atoms with Crippen LogP contribution in [-0.2, 0) is 0 Å². The lowest BCUT2D eigenvalue weighted by molar-refractivity contribution is 0.431. The third-order valence-electron chi connectivity index (χ3n) is 1.03. The van der Waals surface area contributed by atoms with E-state index in [9.17, 15) is 0 Å². The molecule has 0 atom stereocenters. The first-order chi connectivity index (χ1) is 4.70. The van der Waals surface area contributed by atoms with E-state index in [0.717, 1.165) is 5.57 Å². The molecule has 0 heterocycles. The summed E-state index contributed by atoms with van der Waals surface area (Å²) < 4.78 is 0. The Bertz CT molecular complexity index is 181. The maximum Gasteiger partial charge on any atom is 0.111 e. The van der Waals surface area contributed by atoms with Gasteiger partial charge in [0.25, 0.3) is 0 Å². The van der Waals surface area contributed by atoms with Crippen LogP contribution in [0.3, 0.4) is 0 Å². The van der Waals surface area contributed by atoms with E-state index in [4.69, 9.17) is 5.11 Å². The van der Waals surface area contributed by atoms with Crippen LogP contribution in [-0.4, -0.2) is 5.11 Å². The van der Waals surface area contributed by atoms with E-state index >= 15 is 0 Å². The SMILES string of the molecule is C=CC(=C)/C=C\C(O)=C/C. The van der Waals surface area contributed by atoms with Crippen LogP contribution in [0.25, 0.3) is 0 Å². The summed E-state index contributed by atoms with van der Waals surface area (Å²) in [5.74, 6) is 0.239. The van der Waals surface area contributed by atoms with E-state index in [2.05, 4.69) is 13.2 Å². The second-order valence-electron chi connectivity index (χ2n) is 1.83. The zero-order valence-electron chi connectivity index (χ0n) is 6.17. The molecule has 10 heavy (non-hydrogen) atoms. The Balaban J connectivity index is 4.00. The minimum absolute atomic E-state index is 0.239. The maximum atomic E-state index is 8.90. The van der Waals surface area contributed by atoms with Crippen LogP contribution in [0.15, 0.2) is 48.8 Å². The third kappa shape index (κ3) is 3.72. The molecule has 0 bridgehead atoms. The number of aliphatic hydroxyl groups is 1. The van der Waals surface area contributed by atoms with Gasteiger partial charge in [-0.2, -0.15) is 0 Å². The molecule has 1 heteroatoms. The zero-order chi connectivity index (χ0) is 7.98. The van der Waals surface area contributed by atoms with Crippen molar-refractivity contribution in [2.45, 2.75) is 6.92 Å². The molecule has 0 saturated heterocycles. The highest BCUT2D eigenvalue weighted by molar-refractivity contribution is 5.29. The molecule has 0 spiro atoms. The first kappa shape index (κ1) is 8.76. The highest BCUT2D eigenvalue weighted by Gasteiger charge is 1.80. The number of aliphatic hydroxyl groups excluding tert-OH is 1. The van der Waals surface area contributed by atoms with Crippen molar-refractivity contribution < 1.29 is 5.11 Å². The summed E-state index contributed by atoms with van der Waals surface area (Å²) in [7, 11) is 0. The molecule has 0 unspecified atom stereocenters. The molecule has 0 saturated carbocycles. The second-order valence-corrected chi connectivity index (χ2v) is 1.83. The van der Waals surface area contributed by atoms with Crippen molar-refractivity contribution in [3.05, 3.63) is 48.8 Å². The Labute approximate surface area is 61.7 Å². The van der Waals surface area contributed by atoms with Crippen LogP contribution in [0.1, 0.15) is 6.92 Å².